The van der Waals surface area contributed by atoms with Gasteiger partial charge in [-0.15, -0.1) is 0 Å². The number of cyclic esters (lactones) is 1. The van der Waals surface area contributed by atoms with Gasteiger partial charge in [0.25, 0.3) is 0 Å². The molecule has 9 atom stereocenters. The standard InChI is InChI=1S/C31H46O10/c1-22-14-8-4-3-5-10-18-25(38-2)20-23(33)15-9-6-11-16-24(17-12-7-13-19-27(34)39-22)40-31-30(37)29(36)28(35)26(21-32)41-31/h3,5-7,9-13,16,18-19,22-26,28-33,35-37H,4,8,14-15,17,20-21H2,1-2H3/b5-3+,9-6-,12-7+,16-11-,18-10+,19-13-/t22-,23+,24-,25+,26-,28-,29+,30-,31+/m1/s1. The van der Waals surface area contributed by atoms with E-state index < -0.39 is 55.5 Å². The number of aliphatic hydroxyl groups excluding tert-OH is 5. The fourth-order valence-electron chi connectivity index (χ4n) is 4.26. The quantitative estimate of drug-likeness (QED) is 0.314. The number of methoxy groups -OCH3 is 1. The molecular formula is C31H46O10. The molecule has 10 nitrogen and oxygen atoms in total. The number of allylic oxidation sites excluding steroid dienone is 7. The molecule has 0 bridgehead atoms. The molecule has 0 amide bonds. The van der Waals surface area contributed by atoms with E-state index in [1.54, 1.807) is 43.6 Å². The van der Waals surface area contributed by atoms with Gasteiger partial charge in [-0.05, 0) is 39.0 Å². The number of esters is 1. The first kappa shape index (κ1) is 34.8. The van der Waals surface area contributed by atoms with Gasteiger partial charge in [0.2, 0.25) is 0 Å². The molecule has 1 fully saturated rings. The lowest BCUT2D eigenvalue weighted by molar-refractivity contribution is -0.307. The second-order valence-corrected chi connectivity index (χ2v) is 10.1. The number of carbonyl (C=O) groups is 1. The molecule has 2 rings (SSSR count). The maximum atomic E-state index is 12.1. The van der Waals surface area contributed by atoms with Crippen LogP contribution in [0.1, 0.15) is 45.4 Å². The zero-order valence-corrected chi connectivity index (χ0v) is 23.9. The molecule has 230 valence electrons. The van der Waals surface area contributed by atoms with Crippen molar-refractivity contribution < 1.29 is 49.3 Å². The average Bonchev–Trinajstić information content (AvgIpc) is 2.94. The summed E-state index contributed by atoms with van der Waals surface area (Å²) in [5, 5.41) is 50.4. The van der Waals surface area contributed by atoms with Crippen LogP contribution in [0.2, 0.25) is 0 Å². The van der Waals surface area contributed by atoms with Crippen molar-refractivity contribution in [2.45, 2.75) is 101 Å². The van der Waals surface area contributed by atoms with Crippen molar-refractivity contribution in [3.63, 3.8) is 0 Å². The minimum Gasteiger partial charge on any atom is -0.460 e. The van der Waals surface area contributed by atoms with Crippen molar-refractivity contribution >= 4 is 5.97 Å². The number of carbonyl (C=O) groups excluding carboxylic acids is 1. The summed E-state index contributed by atoms with van der Waals surface area (Å²) in [6.45, 7) is 1.29. The Hall–Kier alpha value is -2.41. The highest BCUT2D eigenvalue weighted by atomic mass is 16.7. The maximum Gasteiger partial charge on any atom is 0.331 e. The summed E-state index contributed by atoms with van der Waals surface area (Å²) in [5.41, 5.74) is 0. The molecule has 10 heteroatoms. The summed E-state index contributed by atoms with van der Waals surface area (Å²) >= 11 is 0. The predicted octanol–water partition coefficient (Wildman–Crippen LogP) is 2.17. The van der Waals surface area contributed by atoms with Crippen LogP contribution in [-0.2, 0) is 23.7 Å². The second kappa shape index (κ2) is 19.7. The average molecular weight is 579 g/mol. The Morgan fingerprint density at radius 2 is 1.56 bits per heavy atom. The summed E-state index contributed by atoms with van der Waals surface area (Å²) in [4.78, 5) is 12.1. The topological polar surface area (TPSA) is 155 Å². The molecule has 2 aliphatic rings. The first-order chi connectivity index (χ1) is 19.7. The van der Waals surface area contributed by atoms with E-state index in [1.165, 1.54) is 6.08 Å². The number of aliphatic hydroxyl groups is 5. The highest BCUT2D eigenvalue weighted by Crippen LogP contribution is 2.24. The highest BCUT2D eigenvalue weighted by Gasteiger charge is 2.44. The molecule has 41 heavy (non-hydrogen) atoms. The SMILES string of the molecule is CO[C@H]1/C=C/C=C/CCC[C@@H](C)OC(=O)/C=C\C=C\C[C@H](O[C@H]2O[C@H](CO)[C@@H](O)[C@H](O)[C@H]2O)/C=C\C=C/C[C@H](O)C1. The monoisotopic (exact) mass is 578 g/mol. The molecule has 5 N–H and O–H groups in total. The summed E-state index contributed by atoms with van der Waals surface area (Å²) in [7, 11) is 1.60. The molecule has 0 radical (unpaired) electrons. The fraction of sp³-hybridized carbons (Fsp3) is 0.581. The summed E-state index contributed by atoms with van der Waals surface area (Å²) in [5.74, 6) is -0.443. The lowest BCUT2D eigenvalue weighted by atomic mass is 9.99. The third kappa shape index (κ3) is 13.4. The molecule has 0 spiro atoms. The van der Waals surface area contributed by atoms with E-state index in [-0.39, 0.29) is 12.2 Å². The first-order valence-electron chi connectivity index (χ1n) is 14.1. The molecule has 0 aliphatic carbocycles. The van der Waals surface area contributed by atoms with Gasteiger partial charge in [-0.2, -0.15) is 0 Å². The lowest BCUT2D eigenvalue weighted by Crippen LogP contribution is -2.59. The summed E-state index contributed by atoms with van der Waals surface area (Å²) in [6.07, 6.45) is 16.0. The second-order valence-electron chi connectivity index (χ2n) is 10.1. The largest absolute Gasteiger partial charge is 0.460 e. The molecule has 0 unspecified atom stereocenters. The minimum absolute atomic E-state index is 0.223. The van der Waals surface area contributed by atoms with Crippen molar-refractivity contribution in [2.75, 3.05) is 13.7 Å². The number of rotatable bonds is 4. The van der Waals surface area contributed by atoms with E-state index in [2.05, 4.69) is 0 Å². The van der Waals surface area contributed by atoms with Crippen molar-refractivity contribution in [2.24, 2.45) is 0 Å². The molecule has 0 aromatic carbocycles. The minimum atomic E-state index is -1.56. The normalized spacial score (nSPS) is 39.9. The number of hydrogen-bond donors (Lipinski definition) is 5. The number of hydrogen-bond acceptors (Lipinski definition) is 10. The van der Waals surface area contributed by atoms with E-state index >= 15 is 0 Å². The Balaban J connectivity index is 2.14. The third-order valence-corrected chi connectivity index (χ3v) is 6.67. The zero-order chi connectivity index (χ0) is 30.0. The zero-order valence-electron chi connectivity index (χ0n) is 23.9. The van der Waals surface area contributed by atoms with Crippen LogP contribution in [0, 0.1) is 0 Å². The molecule has 2 heterocycles. The highest BCUT2D eigenvalue weighted by molar-refractivity contribution is 5.82. The Kier molecular flexibility index (Phi) is 16.7. The lowest BCUT2D eigenvalue weighted by Gasteiger charge is -2.40. The van der Waals surface area contributed by atoms with E-state index in [1.807, 2.05) is 37.3 Å². The van der Waals surface area contributed by atoms with Crippen LogP contribution in [0.25, 0.3) is 0 Å². The van der Waals surface area contributed by atoms with Gasteiger partial charge in [0.15, 0.2) is 6.29 Å². The van der Waals surface area contributed by atoms with Crippen LogP contribution >= 0.6 is 0 Å². The van der Waals surface area contributed by atoms with Gasteiger partial charge in [-0.3, -0.25) is 0 Å². The van der Waals surface area contributed by atoms with Crippen LogP contribution in [-0.4, -0.2) is 100 Å². The van der Waals surface area contributed by atoms with Gasteiger partial charge in [-0.1, -0.05) is 66.8 Å². The third-order valence-electron chi connectivity index (χ3n) is 6.67. The summed E-state index contributed by atoms with van der Waals surface area (Å²) in [6, 6.07) is 0. The van der Waals surface area contributed by atoms with E-state index in [4.69, 9.17) is 18.9 Å². The smallest absolute Gasteiger partial charge is 0.331 e. The van der Waals surface area contributed by atoms with Gasteiger partial charge in [-0.25, -0.2) is 4.79 Å². The van der Waals surface area contributed by atoms with Crippen LogP contribution in [0.15, 0.2) is 72.9 Å². The van der Waals surface area contributed by atoms with Gasteiger partial charge in [0, 0.05) is 19.6 Å². The Bertz CT molecular complexity index is 922. The van der Waals surface area contributed by atoms with Crippen LogP contribution in [0.5, 0.6) is 0 Å². The Morgan fingerprint density at radius 3 is 2.29 bits per heavy atom. The number of ether oxygens (including phenoxy) is 4. The molecule has 0 saturated carbocycles. The Morgan fingerprint density at radius 1 is 0.878 bits per heavy atom. The van der Waals surface area contributed by atoms with Crippen molar-refractivity contribution in [1.29, 1.82) is 0 Å². The van der Waals surface area contributed by atoms with Crippen molar-refractivity contribution in [3.8, 4) is 0 Å². The molecule has 1 saturated heterocycles. The predicted molar refractivity (Wildman–Crippen MR) is 154 cm³/mol. The Labute approximate surface area is 242 Å². The van der Waals surface area contributed by atoms with E-state index in [9.17, 15) is 30.3 Å². The fourth-order valence-corrected chi connectivity index (χ4v) is 4.26. The van der Waals surface area contributed by atoms with Gasteiger partial charge in [0.1, 0.15) is 24.4 Å². The van der Waals surface area contributed by atoms with Gasteiger partial charge >= 0.3 is 5.97 Å². The summed E-state index contributed by atoms with van der Waals surface area (Å²) < 4.78 is 22.2. The van der Waals surface area contributed by atoms with Gasteiger partial charge < -0.3 is 44.5 Å². The van der Waals surface area contributed by atoms with Crippen LogP contribution in [0.3, 0.4) is 0 Å². The molecule has 0 aromatic rings. The van der Waals surface area contributed by atoms with Crippen molar-refractivity contribution in [1.82, 2.24) is 0 Å². The van der Waals surface area contributed by atoms with Gasteiger partial charge in [0.05, 0.1) is 31.0 Å². The molecular weight excluding hydrogens is 532 g/mol. The van der Waals surface area contributed by atoms with Crippen molar-refractivity contribution in [3.05, 3.63) is 72.9 Å². The molecule has 0 aromatic heterocycles. The first-order valence-corrected chi connectivity index (χ1v) is 14.1. The molecule has 2 aliphatic heterocycles. The van der Waals surface area contributed by atoms with E-state index in [0.717, 1.165) is 19.3 Å². The van der Waals surface area contributed by atoms with E-state index in [0.29, 0.717) is 19.3 Å². The maximum absolute atomic E-state index is 12.1. The van der Waals surface area contributed by atoms with Crippen LogP contribution < -0.4 is 0 Å². The van der Waals surface area contributed by atoms with Crippen LogP contribution in [0.4, 0.5) is 0 Å².